The predicted octanol–water partition coefficient (Wildman–Crippen LogP) is 6.47. The van der Waals surface area contributed by atoms with Crippen molar-refractivity contribution in [2.75, 3.05) is 13.6 Å². The molecule has 3 aromatic carbocycles. The van der Waals surface area contributed by atoms with Gasteiger partial charge in [0.25, 0.3) is 0 Å². The number of likely N-dealkylation sites (tertiary alicyclic amines) is 1. The Labute approximate surface area is 164 Å². The number of nitrogens with zero attached hydrogens (tertiary/aromatic N) is 1. The zero-order valence-electron chi connectivity index (χ0n) is 15.2. The number of hydrogen-bond acceptors (Lipinski definition) is 1. The van der Waals surface area contributed by atoms with Gasteiger partial charge in [0.05, 0.1) is 0 Å². The van der Waals surface area contributed by atoms with Gasteiger partial charge in [-0.1, -0.05) is 76.6 Å². The summed E-state index contributed by atoms with van der Waals surface area (Å²) in [5.41, 5.74) is 6.72. The third-order valence-corrected chi connectivity index (χ3v) is 5.95. The van der Waals surface area contributed by atoms with Crippen molar-refractivity contribution in [3.63, 3.8) is 0 Å². The van der Waals surface area contributed by atoms with Gasteiger partial charge in [0.1, 0.15) is 0 Å². The van der Waals surface area contributed by atoms with E-state index >= 15 is 0 Å². The van der Waals surface area contributed by atoms with E-state index in [-0.39, 0.29) is 0 Å². The second-order valence-corrected chi connectivity index (χ2v) is 8.18. The van der Waals surface area contributed by atoms with Crippen molar-refractivity contribution < 1.29 is 0 Å². The third kappa shape index (κ3) is 3.92. The molecule has 0 amide bonds. The van der Waals surface area contributed by atoms with Crippen LogP contribution in [0.2, 0.25) is 0 Å². The monoisotopic (exact) mass is 405 g/mol. The molecular weight excluding hydrogens is 382 g/mol. The molecule has 0 saturated carbocycles. The lowest BCUT2D eigenvalue weighted by Crippen LogP contribution is -2.17. The second-order valence-electron chi connectivity index (χ2n) is 7.26. The predicted molar refractivity (Wildman–Crippen MR) is 113 cm³/mol. The van der Waals surface area contributed by atoms with Gasteiger partial charge in [0, 0.05) is 10.5 Å². The molecule has 1 nitrogen and oxygen atoms in total. The molecular formula is C24H24BrN. The molecule has 132 valence electrons. The maximum Gasteiger partial charge on any atom is 0.0345 e. The van der Waals surface area contributed by atoms with Crippen LogP contribution in [-0.4, -0.2) is 18.5 Å². The number of halogens is 1. The van der Waals surface area contributed by atoms with Crippen molar-refractivity contribution in [1.82, 2.24) is 4.90 Å². The molecule has 1 aliphatic heterocycles. The first kappa shape index (κ1) is 17.5. The fraction of sp³-hybridized carbons (Fsp3) is 0.250. The van der Waals surface area contributed by atoms with Crippen LogP contribution < -0.4 is 0 Å². The standard InChI is InChI=1S/C24H24BrN/c1-26-16-2-3-24(26)22-12-10-21(11-13-22)20-8-4-18(5-9-20)17-19-6-14-23(25)15-7-19/h4-15,24H,2-3,16-17H2,1H3. The summed E-state index contributed by atoms with van der Waals surface area (Å²) in [6.07, 6.45) is 3.56. The highest BCUT2D eigenvalue weighted by molar-refractivity contribution is 9.10. The van der Waals surface area contributed by atoms with Crippen LogP contribution in [0.5, 0.6) is 0 Å². The fourth-order valence-electron chi connectivity index (χ4n) is 3.88. The van der Waals surface area contributed by atoms with Gasteiger partial charge >= 0.3 is 0 Å². The Kier molecular flexibility index (Phi) is 5.23. The molecule has 0 spiro atoms. The van der Waals surface area contributed by atoms with Gasteiger partial charge in [0.15, 0.2) is 0 Å². The van der Waals surface area contributed by atoms with E-state index in [4.69, 9.17) is 0 Å². The largest absolute Gasteiger partial charge is 0.299 e. The first-order valence-electron chi connectivity index (χ1n) is 9.33. The van der Waals surface area contributed by atoms with Gasteiger partial charge < -0.3 is 0 Å². The van der Waals surface area contributed by atoms with Crippen LogP contribution in [0.3, 0.4) is 0 Å². The number of hydrogen-bond donors (Lipinski definition) is 0. The van der Waals surface area contributed by atoms with E-state index < -0.39 is 0 Å². The Balaban J connectivity index is 1.47. The molecule has 1 saturated heterocycles. The molecule has 1 unspecified atom stereocenters. The van der Waals surface area contributed by atoms with Crippen molar-refractivity contribution in [3.8, 4) is 11.1 Å². The molecule has 0 N–H and O–H groups in total. The second kappa shape index (κ2) is 7.77. The first-order chi connectivity index (χ1) is 12.7. The molecule has 0 aromatic heterocycles. The Bertz CT molecular complexity index is 850. The van der Waals surface area contributed by atoms with Crippen LogP contribution >= 0.6 is 15.9 Å². The third-order valence-electron chi connectivity index (χ3n) is 5.42. The molecule has 1 heterocycles. The van der Waals surface area contributed by atoms with E-state index in [0.717, 1.165) is 10.9 Å². The van der Waals surface area contributed by atoms with E-state index in [0.29, 0.717) is 6.04 Å². The Morgan fingerprint density at radius 3 is 1.88 bits per heavy atom. The Hall–Kier alpha value is -1.90. The quantitative estimate of drug-likeness (QED) is 0.480. The highest BCUT2D eigenvalue weighted by Gasteiger charge is 2.22. The highest BCUT2D eigenvalue weighted by Crippen LogP contribution is 2.31. The molecule has 0 radical (unpaired) electrons. The summed E-state index contributed by atoms with van der Waals surface area (Å²) in [6.45, 7) is 1.21. The summed E-state index contributed by atoms with van der Waals surface area (Å²) in [7, 11) is 2.23. The summed E-state index contributed by atoms with van der Waals surface area (Å²) in [5.74, 6) is 0. The van der Waals surface area contributed by atoms with Crippen LogP contribution in [0.1, 0.15) is 35.6 Å². The normalized spacial score (nSPS) is 17.5. The average molecular weight is 406 g/mol. The summed E-state index contributed by atoms with van der Waals surface area (Å²) in [5, 5.41) is 0. The van der Waals surface area contributed by atoms with Crippen LogP contribution in [-0.2, 0) is 6.42 Å². The van der Waals surface area contributed by atoms with Crippen LogP contribution in [0.25, 0.3) is 11.1 Å². The number of benzene rings is 3. The van der Waals surface area contributed by atoms with Crippen LogP contribution in [0.4, 0.5) is 0 Å². The zero-order valence-corrected chi connectivity index (χ0v) is 16.7. The van der Waals surface area contributed by atoms with Crippen molar-refractivity contribution in [2.45, 2.75) is 25.3 Å². The molecule has 2 heteroatoms. The van der Waals surface area contributed by atoms with E-state index in [1.807, 2.05) is 0 Å². The summed E-state index contributed by atoms with van der Waals surface area (Å²) in [6, 6.07) is 27.3. The Morgan fingerprint density at radius 2 is 1.35 bits per heavy atom. The van der Waals surface area contributed by atoms with Gasteiger partial charge in [-0.2, -0.15) is 0 Å². The molecule has 0 aliphatic carbocycles. The van der Waals surface area contributed by atoms with E-state index in [9.17, 15) is 0 Å². The molecule has 1 aliphatic rings. The van der Waals surface area contributed by atoms with Gasteiger partial charge in [-0.15, -0.1) is 0 Å². The summed E-state index contributed by atoms with van der Waals surface area (Å²) < 4.78 is 1.13. The lowest BCUT2D eigenvalue weighted by molar-refractivity contribution is 0.317. The van der Waals surface area contributed by atoms with Crippen LogP contribution in [0, 0.1) is 0 Å². The highest BCUT2D eigenvalue weighted by atomic mass is 79.9. The van der Waals surface area contributed by atoms with E-state index in [2.05, 4.69) is 101 Å². The first-order valence-corrected chi connectivity index (χ1v) is 10.1. The smallest absolute Gasteiger partial charge is 0.0345 e. The zero-order chi connectivity index (χ0) is 17.9. The molecule has 26 heavy (non-hydrogen) atoms. The number of rotatable bonds is 4. The lowest BCUT2D eigenvalue weighted by Gasteiger charge is -2.20. The van der Waals surface area contributed by atoms with Gasteiger partial charge in [-0.3, -0.25) is 4.90 Å². The summed E-state index contributed by atoms with van der Waals surface area (Å²) >= 11 is 3.49. The molecule has 4 rings (SSSR count). The molecule has 3 aromatic rings. The van der Waals surface area contributed by atoms with Gasteiger partial charge in [0.2, 0.25) is 0 Å². The lowest BCUT2D eigenvalue weighted by atomic mass is 9.98. The van der Waals surface area contributed by atoms with Gasteiger partial charge in [-0.25, -0.2) is 0 Å². The maximum absolute atomic E-state index is 3.49. The van der Waals surface area contributed by atoms with Gasteiger partial charge in [-0.05, 0) is 72.8 Å². The van der Waals surface area contributed by atoms with Crippen molar-refractivity contribution in [2.24, 2.45) is 0 Å². The van der Waals surface area contributed by atoms with E-state index in [1.54, 1.807) is 0 Å². The fourth-order valence-corrected chi connectivity index (χ4v) is 4.15. The van der Waals surface area contributed by atoms with Crippen molar-refractivity contribution >= 4 is 15.9 Å². The minimum absolute atomic E-state index is 0.595. The minimum atomic E-state index is 0.595. The topological polar surface area (TPSA) is 3.24 Å². The summed E-state index contributed by atoms with van der Waals surface area (Å²) in [4.78, 5) is 2.46. The molecule has 0 bridgehead atoms. The van der Waals surface area contributed by atoms with Crippen LogP contribution in [0.15, 0.2) is 77.3 Å². The SMILES string of the molecule is CN1CCCC1c1ccc(-c2ccc(Cc3ccc(Br)cc3)cc2)cc1. The van der Waals surface area contributed by atoms with Crippen molar-refractivity contribution in [3.05, 3.63) is 94.0 Å². The average Bonchev–Trinajstić information content (AvgIpc) is 3.10. The maximum atomic E-state index is 3.49. The molecule has 1 atom stereocenters. The van der Waals surface area contributed by atoms with Crippen molar-refractivity contribution in [1.29, 1.82) is 0 Å². The van der Waals surface area contributed by atoms with E-state index in [1.165, 1.54) is 47.2 Å². The molecule has 1 fully saturated rings. The Morgan fingerprint density at radius 1 is 0.808 bits per heavy atom. The minimum Gasteiger partial charge on any atom is -0.299 e.